The lowest BCUT2D eigenvalue weighted by molar-refractivity contribution is -0.141. The zero-order chi connectivity index (χ0) is 14.5. The van der Waals surface area contributed by atoms with Gasteiger partial charge in [0.1, 0.15) is 0 Å². The summed E-state index contributed by atoms with van der Waals surface area (Å²) in [5, 5.41) is 12.0. The van der Waals surface area contributed by atoms with Crippen LogP contribution in [-0.4, -0.2) is 41.1 Å². The number of nitrogens with zero attached hydrogens (tertiary/aromatic N) is 1. The number of urea groups is 1. The van der Waals surface area contributed by atoms with Crippen LogP contribution >= 0.6 is 0 Å². The molecule has 5 nitrogen and oxygen atoms in total. The fraction of sp³-hybridized carbons (Fsp3) is 0.867. The van der Waals surface area contributed by atoms with E-state index in [0.717, 1.165) is 38.3 Å². The first-order valence-corrected chi connectivity index (χ1v) is 7.88. The Morgan fingerprint density at radius 1 is 1.20 bits per heavy atom. The van der Waals surface area contributed by atoms with Gasteiger partial charge in [-0.15, -0.1) is 0 Å². The van der Waals surface area contributed by atoms with Gasteiger partial charge in [0.15, 0.2) is 0 Å². The summed E-state index contributed by atoms with van der Waals surface area (Å²) in [4.78, 5) is 25.1. The first-order valence-electron chi connectivity index (χ1n) is 7.88. The summed E-state index contributed by atoms with van der Waals surface area (Å²) in [5.74, 6) is -0.271. The van der Waals surface area contributed by atoms with Crippen LogP contribution in [0.2, 0.25) is 0 Å². The first-order chi connectivity index (χ1) is 9.60. The molecule has 2 N–H and O–H groups in total. The van der Waals surface area contributed by atoms with Crippen LogP contribution in [-0.2, 0) is 4.79 Å². The summed E-state index contributed by atoms with van der Waals surface area (Å²) in [6.45, 7) is 3.88. The molecule has 1 saturated carbocycles. The van der Waals surface area contributed by atoms with E-state index in [0.29, 0.717) is 12.8 Å². The normalized spacial score (nSPS) is 30.9. The number of rotatable bonds is 3. The molecule has 0 bridgehead atoms. The maximum absolute atomic E-state index is 12.2. The zero-order valence-electron chi connectivity index (χ0n) is 12.3. The molecule has 0 aromatic heterocycles. The van der Waals surface area contributed by atoms with E-state index in [4.69, 9.17) is 5.11 Å². The van der Waals surface area contributed by atoms with Gasteiger partial charge in [-0.25, -0.2) is 4.79 Å². The number of aliphatic carboxylic acids is 1. The minimum Gasteiger partial charge on any atom is -0.481 e. The molecular formula is C15H26N2O3. The van der Waals surface area contributed by atoms with Crippen molar-refractivity contribution in [3.8, 4) is 0 Å². The molecular weight excluding hydrogens is 256 g/mol. The van der Waals surface area contributed by atoms with E-state index >= 15 is 0 Å². The van der Waals surface area contributed by atoms with Crippen molar-refractivity contribution in [3.63, 3.8) is 0 Å². The molecule has 1 saturated heterocycles. The van der Waals surface area contributed by atoms with Gasteiger partial charge < -0.3 is 15.3 Å². The molecule has 1 heterocycles. The second kappa shape index (κ2) is 6.95. The van der Waals surface area contributed by atoms with Crippen molar-refractivity contribution in [1.82, 2.24) is 10.2 Å². The Hall–Kier alpha value is -1.26. The van der Waals surface area contributed by atoms with Gasteiger partial charge in [0.25, 0.3) is 0 Å². The molecule has 1 unspecified atom stereocenters. The average molecular weight is 282 g/mol. The highest BCUT2D eigenvalue weighted by Crippen LogP contribution is 2.26. The minimum absolute atomic E-state index is 0.00204. The molecule has 2 fully saturated rings. The van der Waals surface area contributed by atoms with Crippen molar-refractivity contribution in [1.29, 1.82) is 0 Å². The monoisotopic (exact) mass is 282 g/mol. The standard InChI is InChI=1S/C15H26N2O3/c1-2-11-4-3-8-17(9-7-11)15(20)16-13-6-5-12(10-13)14(18)19/h11-13H,2-10H2,1H3,(H,16,20)(H,18,19)/t11?,12-,13+/m1/s1. The largest absolute Gasteiger partial charge is 0.481 e. The van der Waals surface area contributed by atoms with E-state index in [1.807, 2.05) is 4.90 Å². The van der Waals surface area contributed by atoms with E-state index in [9.17, 15) is 9.59 Å². The van der Waals surface area contributed by atoms with Gasteiger partial charge >= 0.3 is 12.0 Å². The second-order valence-electron chi connectivity index (χ2n) is 6.19. The summed E-state index contributed by atoms with van der Waals surface area (Å²) >= 11 is 0. The average Bonchev–Trinajstić information content (AvgIpc) is 2.75. The Morgan fingerprint density at radius 2 is 2.00 bits per heavy atom. The Balaban J connectivity index is 1.79. The zero-order valence-corrected chi connectivity index (χ0v) is 12.3. The topological polar surface area (TPSA) is 69.6 Å². The van der Waals surface area contributed by atoms with Gasteiger partial charge in [-0.2, -0.15) is 0 Å². The van der Waals surface area contributed by atoms with Crippen molar-refractivity contribution in [2.75, 3.05) is 13.1 Å². The molecule has 0 radical (unpaired) electrons. The Kier molecular flexibility index (Phi) is 5.26. The van der Waals surface area contributed by atoms with Gasteiger partial charge in [0.05, 0.1) is 5.92 Å². The Bertz CT molecular complexity index is 359. The number of amides is 2. The van der Waals surface area contributed by atoms with Gasteiger partial charge in [-0.3, -0.25) is 4.79 Å². The SMILES string of the molecule is CCC1CCCN(C(=O)N[C@H]2CC[C@@H](C(=O)O)C2)CC1. The summed E-state index contributed by atoms with van der Waals surface area (Å²) in [6.07, 6.45) is 6.61. The lowest BCUT2D eigenvalue weighted by Gasteiger charge is -2.23. The molecule has 114 valence electrons. The van der Waals surface area contributed by atoms with Crippen LogP contribution in [0.4, 0.5) is 4.79 Å². The van der Waals surface area contributed by atoms with E-state index < -0.39 is 5.97 Å². The molecule has 1 aliphatic heterocycles. The van der Waals surface area contributed by atoms with Crippen LogP contribution < -0.4 is 5.32 Å². The van der Waals surface area contributed by atoms with Crippen LogP contribution in [0.3, 0.4) is 0 Å². The molecule has 0 aromatic carbocycles. The van der Waals surface area contributed by atoms with Gasteiger partial charge in [0.2, 0.25) is 0 Å². The molecule has 0 aromatic rings. The summed E-state index contributed by atoms with van der Waals surface area (Å²) in [7, 11) is 0. The number of carbonyl (C=O) groups is 2. The van der Waals surface area contributed by atoms with E-state index in [1.54, 1.807) is 0 Å². The van der Waals surface area contributed by atoms with Crippen molar-refractivity contribution < 1.29 is 14.7 Å². The number of carbonyl (C=O) groups excluding carboxylic acids is 1. The molecule has 20 heavy (non-hydrogen) atoms. The van der Waals surface area contributed by atoms with Crippen LogP contribution in [0.1, 0.15) is 51.9 Å². The third kappa shape index (κ3) is 3.87. The smallest absolute Gasteiger partial charge is 0.317 e. The fourth-order valence-electron chi connectivity index (χ4n) is 3.38. The minimum atomic E-state index is -0.734. The molecule has 5 heteroatoms. The molecule has 2 aliphatic rings. The number of nitrogens with one attached hydrogen (secondary N) is 1. The second-order valence-corrected chi connectivity index (χ2v) is 6.19. The number of carboxylic acid groups (broad SMARTS) is 1. The number of hydrogen-bond donors (Lipinski definition) is 2. The highest BCUT2D eigenvalue weighted by molar-refractivity contribution is 5.75. The van der Waals surface area contributed by atoms with Crippen molar-refractivity contribution in [2.24, 2.45) is 11.8 Å². The van der Waals surface area contributed by atoms with E-state index in [1.165, 1.54) is 12.8 Å². The third-order valence-electron chi connectivity index (χ3n) is 4.82. The summed E-state index contributed by atoms with van der Waals surface area (Å²) in [6, 6.07) is 0.0339. The van der Waals surface area contributed by atoms with Crippen molar-refractivity contribution in [3.05, 3.63) is 0 Å². The predicted molar refractivity (Wildman–Crippen MR) is 76.5 cm³/mol. The van der Waals surface area contributed by atoms with Crippen LogP contribution in [0.25, 0.3) is 0 Å². The van der Waals surface area contributed by atoms with Crippen molar-refractivity contribution in [2.45, 2.75) is 57.9 Å². The number of likely N-dealkylation sites (tertiary alicyclic amines) is 1. The van der Waals surface area contributed by atoms with E-state index in [2.05, 4.69) is 12.2 Å². The lowest BCUT2D eigenvalue weighted by atomic mass is 9.98. The Morgan fingerprint density at radius 3 is 2.65 bits per heavy atom. The quantitative estimate of drug-likeness (QED) is 0.835. The van der Waals surface area contributed by atoms with Crippen molar-refractivity contribution >= 4 is 12.0 Å². The Labute approximate surface area is 120 Å². The summed E-state index contributed by atoms with van der Waals surface area (Å²) in [5.41, 5.74) is 0. The lowest BCUT2D eigenvalue weighted by Crippen LogP contribution is -2.44. The fourth-order valence-corrected chi connectivity index (χ4v) is 3.38. The predicted octanol–water partition coefficient (Wildman–Crippen LogP) is 2.46. The molecule has 1 aliphatic carbocycles. The van der Waals surface area contributed by atoms with Gasteiger partial charge in [0, 0.05) is 19.1 Å². The van der Waals surface area contributed by atoms with Gasteiger partial charge in [-0.05, 0) is 44.4 Å². The first kappa shape index (κ1) is 15.1. The maximum Gasteiger partial charge on any atom is 0.317 e. The number of carboxylic acids is 1. The van der Waals surface area contributed by atoms with Crippen LogP contribution in [0.15, 0.2) is 0 Å². The highest BCUT2D eigenvalue weighted by Gasteiger charge is 2.31. The van der Waals surface area contributed by atoms with Crippen LogP contribution in [0.5, 0.6) is 0 Å². The van der Waals surface area contributed by atoms with E-state index in [-0.39, 0.29) is 18.0 Å². The summed E-state index contributed by atoms with van der Waals surface area (Å²) < 4.78 is 0. The molecule has 2 amide bonds. The molecule has 2 rings (SSSR count). The molecule has 3 atom stereocenters. The third-order valence-corrected chi connectivity index (χ3v) is 4.82. The van der Waals surface area contributed by atoms with Gasteiger partial charge in [-0.1, -0.05) is 13.3 Å². The molecule has 0 spiro atoms. The highest BCUT2D eigenvalue weighted by atomic mass is 16.4. The maximum atomic E-state index is 12.2. The van der Waals surface area contributed by atoms with Crippen LogP contribution in [0, 0.1) is 11.8 Å². The number of hydrogen-bond acceptors (Lipinski definition) is 2.